The van der Waals surface area contributed by atoms with Crippen LogP contribution in [-0.2, 0) is 19.1 Å². The highest BCUT2D eigenvalue weighted by molar-refractivity contribution is 6.46. The molecule has 4 heteroatoms. The Morgan fingerprint density at radius 2 is 2.00 bits per heavy atom. The average Bonchev–Trinajstić information content (AvgIpc) is 2.16. The van der Waals surface area contributed by atoms with Crippen molar-refractivity contribution in [3.8, 4) is 0 Å². The highest BCUT2D eigenvalue weighted by Gasteiger charge is 2.52. The van der Waals surface area contributed by atoms with E-state index in [2.05, 4.69) is 11.3 Å². The molecule has 0 N–H and O–H groups in total. The quantitative estimate of drug-likeness (QED) is 0.228. The molecule has 58 valence electrons. The monoisotopic (exact) mass is 154 g/mol. The third-order valence-corrected chi connectivity index (χ3v) is 1.67. The van der Waals surface area contributed by atoms with E-state index in [-0.39, 0.29) is 0 Å². The Hall–Kier alpha value is -1.45. The number of cyclic esters (lactones) is 2. The maximum absolute atomic E-state index is 10.9. The molecular weight excluding hydrogens is 148 g/mol. The van der Waals surface area contributed by atoms with E-state index in [0.717, 1.165) is 6.08 Å². The Balaban J connectivity index is 3.16. The first kappa shape index (κ1) is 7.65. The lowest BCUT2D eigenvalue weighted by Crippen LogP contribution is -2.28. The molecule has 0 bridgehead atoms. The summed E-state index contributed by atoms with van der Waals surface area (Å²) in [4.78, 5) is 32.2. The van der Waals surface area contributed by atoms with Gasteiger partial charge in [0, 0.05) is 0 Å². The highest BCUT2D eigenvalue weighted by atomic mass is 16.6. The van der Waals surface area contributed by atoms with Gasteiger partial charge in [-0.1, -0.05) is 6.08 Å². The van der Waals surface area contributed by atoms with Crippen LogP contribution in [0.1, 0.15) is 6.92 Å². The first-order valence-corrected chi connectivity index (χ1v) is 2.97. The van der Waals surface area contributed by atoms with E-state index in [0.29, 0.717) is 0 Å². The van der Waals surface area contributed by atoms with E-state index in [4.69, 9.17) is 0 Å². The van der Waals surface area contributed by atoms with Gasteiger partial charge in [0.2, 0.25) is 0 Å². The lowest BCUT2D eigenvalue weighted by molar-refractivity contribution is -0.155. The molecule has 0 saturated carbocycles. The van der Waals surface area contributed by atoms with Crippen molar-refractivity contribution >= 4 is 17.7 Å². The van der Waals surface area contributed by atoms with Gasteiger partial charge < -0.3 is 4.74 Å². The molecular formula is C7H6O4. The van der Waals surface area contributed by atoms with Crippen molar-refractivity contribution in [3.63, 3.8) is 0 Å². The predicted octanol–water partition coefficient (Wildman–Crippen LogP) is -0.169. The smallest absolute Gasteiger partial charge is 0.383 e. The largest absolute Gasteiger partial charge is 0.386 e. The Bertz CT molecular complexity index is 266. The van der Waals surface area contributed by atoms with Gasteiger partial charge in [-0.2, -0.15) is 0 Å². The van der Waals surface area contributed by atoms with E-state index >= 15 is 0 Å². The molecule has 0 aliphatic carbocycles. The fourth-order valence-electron chi connectivity index (χ4n) is 0.717. The van der Waals surface area contributed by atoms with Gasteiger partial charge >= 0.3 is 11.9 Å². The van der Waals surface area contributed by atoms with Crippen LogP contribution in [0, 0.1) is 5.41 Å². The number of rotatable bonds is 1. The molecule has 1 heterocycles. The standard InChI is InChI=1S/C7H6O4/c1-3-7(2)4(8)5(9)11-6(7)10/h3H,1H2,2H3. The third-order valence-electron chi connectivity index (χ3n) is 1.67. The van der Waals surface area contributed by atoms with Crippen LogP contribution in [-0.4, -0.2) is 17.7 Å². The normalized spacial score (nSPS) is 30.5. The molecule has 1 fully saturated rings. The van der Waals surface area contributed by atoms with E-state index in [1.807, 2.05) is 0 Å². The summed E-state index contributed by atoms with van der Waals surface area (Å²) in [5, 5.41) is 0. The van der Waals surface area contributed by atoms with Crippen LogP contribution < -0.4 is 0 Å². The van der Waals surface area contributed by atoms with Crippen LogP contribution in [0.4, 0.5) is 0 Å². The number of carbonyl (C=O) groups is 3. The van der Waals surface area contributed by atoms with Crippen LogP contribution >= 0.6 is 0 Å². The minimum atomic E-state index is -1.46. The topological polar surface area (TPSA) is 60.4 Å². The molecule has 1 unspecified atom stereocenters. The lowest BCUT2D eigenvalue weighted by Gasteiger charge is -2.07. The molecule has 11 heavy (non-hydrogen) atoms. The summed E-state index contributed by atoms with van der Waals surface area (Å²) in [6, 6.07) is 0. The van der Waals surface area contributed by atoms with Crippen molar-refractivity contribution in [1.82, 2.24) is 0 Å². The maximum atomic E-state index is 10.9. The molecule has 0 aromatic heterocycles. The van der Waals surface area contributed by atoms with Crippen LogP contribution in [0.3, 0.4) is 0 Å². The molecule has 1 aliphatic heterocycles. The van der Waals surface area contributed by atoms with E-state index in [1.54, 1.807) is 0 Å². The summed E-state index contributed by atoms with van der Waals surface area (Å²) < 4.78 is 4.08. The van der Waals surface area contributed by atoms with Crippen molar-refractivity contribution in [2.24, 2.45) is 5.41 Å². The van der Waals surface area contributed by atoms with Gasteiger partial charge in [0.25, 0.3) is 5.78 Å². The fourth-order valence-corrected chi connectivity index (χ4v) is 0.717. The van der Waals surface area contributed by atoms with E-state index in [9.17, 15) is 14.4 Å². The number of carbonyl (C=O) groups excluding carboxylic acids is 3. The second-order valence-electron chi connectivity index (χ2n) is 2.41. The van der Waals surface area contributed by atoms with Crippen molar-refractivity contribution in [3.05, 3.63) is 12.7 Å². The second kappa shape index (κ2) is 2.02. The summed E-state index contributed by atoms with van der Waals surface area (Å²) in [6.45, 7) is 4.58. The van der Waals surface area contributed by atoms with Gasteiger partial charge in [-0.15, -0.1) is 6.58 Å². The van der Waals surface area contributed by atoms with Gasteiger partial charge in [-0.25, -0.2) is 4.79 Å². The number of ether oxygens (including phenoxy) is 1. The molecule has 0 spiro atoms. The van der Waals surface area contributed by atoms with Crippen molar-refractivity contribution in [2.75, 3.05) is 0 Å². The summed E-state index contributed by atoms with van der Waals surface area (Å²) in [7, 11) is 0. The Kier molecular flexibility index (Phi) is 1.40. The molecule has 1 rings (SSSR count). The number of ketones is 1. The first-order chi connectivity index (χ1) is 5.02. The van der Waals surface area contributed by atoms with Crippen molar-refractivity contribution < 1.29 is 19.1 Å². The molecule has 0 radical (unpaired) electrons. The molecule has 0 aromatic rings. The van der Waals surface area contributed by atoms with Crippen molar-refractivity contribution in [1.29, 1.82) is 0 Å². The number of hydrogen-bond acceptors (Lipinski definition) is 4. The Labute approximate surface area is 62.8 Å². The van der Waals surface area contributed by atoms with Crippen LogP contribution in [0.2, 0.25) is 0 Å². The predicted molar refractivity (Wildman–Crippen MR) is 34.4 cm³/mol. The van der Waals surface area contributed by atoms with Crippen LogP contribution in [0.5, 0.6) is 0 Å². The summed E-state index contributed by atoms with van der Waals surface area (Å²) in [6.07, 6.45) is 1.11. The Morgan fingerprint density at radius 1 is 1.45 bits per heavy atom. The SMILES string of the molecule is C=CC1(C)C(=O)OC(=O)C1=O. The third kappa shape index (κ3) is 0.790. The molecule has 1 aliphatic rings. The minimum Gasteiger partial charge on any atom is -0.386 e. The molecule has 4 nitrogen and oxygen atoms in total. The summed E-state index contributed by atoms with van der Waals surface area (Å²) in [5.74, 6) is -2.79. The van der Waals surface area contributed by atoms with Crippen LogP contribution in [0.25, 0.3) is 0 Å². The molecule has 0 aromatic carbocycles. The first-order valence-electron chi connectivity index (χ1n) is 2.97. The molecule has 1 saturated heterocycles. The Morgan fingerprint density at radius 3 is 2.18 bits per heavy atom. The number of Topliss-reactive ketones (excluding diaryl/α,β-unsaturated/α-hetero) is 1. The maximum Gasteiger partial charge on any atom is 0.383 e. The zero-order valence-electron chi connectivity index (χ0n) is 5.92. The van der Waals surface area contributed by atoms with Crippen LogP contribution in [0.15, 0.2) is 12.7 Å². The number of esters is 2. The fraction of sp³-hybridized carbons (Fsp3) is 0.286. The van der Waals surface area contributed by atoms with Gasteiger partial charge in [0.1, 0.15) is 0 Å². The van der Waals surface area contributed by atoms with Gasteiger partial charge in [-0.05, 0) is 6.92 Å². The number of hydrogen-bond donors (Lipinski definition) is 0. The molecule has 1 atom stereocenters. The van der Waals surface area contributed by atoms with Gasteiger partial charge in [-0.3, -0.25) is 9.59 Å². The van der Waals surface area contributed by atoms with E-state index in [1.165, 1.54) is 6.92 Å². The highest BCUT2D eigenvalue weighted by Crippen LogP contribution is 2.27. The molecule has 0 amide bonds. The van der Waals surface area contributed by atoms with Gasteiger partial charge in [0.15, 0.2) is 5.41 Å². The minimum absolute atomic E-state index is 0.845. The van der Waals surface area contributed by atoms with Crippen molar-refractivity contribution in [2.45, 2.75) is 6.92 Å². The van der Waals surface area contributed by atoms with E-state index < -0.39 is 23.1 Å². The van der Waals surface area contributed by atoms with Gasteiger partial charge in [0.05, 0.1) is 0 Å². The second-order valence-corrected chi connectivity index (χ2v) is 2.41. The summed E-state index contributed by atoms with van der Waals surface area (Å²) in [5.41, 5.74) is -1.46. The zero-order chi connectivity index (χ0) is 8.65. The average molecular weight is 154 g/mol. The zero-order valence-corrected chi connectivity index (χ0v) is 5.92. The summed E-state index contributed by atoms with van der Waals surface area (Å²) >= 11 is 0. The lowest BCUT2D eigenvalue weighted by atomic mass is 9.88.